The number of hydrogen-bond acceptors (Lipinski definition) is 4. The zero-order valence-corrected chi connectivity index (χ0v) is 8.97. The van der Waals surface area contributed by atoms with E-state index in [0.717, 1.165) is 30.4 Å². The molecule has 0 aromatic carbocycles. The van der Waals surface area contributed by atoms with Crippen LogP contribution in [0.4, 0.5) is 5.82 Å². The van der Waals surface area contributed by atoms with Gasteiger partial charge in [0, 0.05) is 19.0 Å². The van der Waals surface area contributed by atoms with E-state index in [4.69, 9.17) is 10.5 Å². The van der Waals surface area contributed by atoms with E-state index in [0.29, 0.717) is 5.82 Å². The van der Waals surface area contributed by atoms with E-state index in [2.05, 4.69) is 10.1 Å². The van der Waals surface area contributed by atoms with E-state index in [9.17, 15) is 0 Å². The van der Waals surface area contributed by atoms with Gasteiger partial charge in [-0.3, -0.25) is 4.98 Å². The van der Waals surface area contributed by atoms with Gasteiger partial charge >= 0.3 is 0 Å². The zero-order chi connectivity index (χ0) is 11.0. The summed E-state index contributed by atoms with van der Waals surface area (Å²) in [5.41, 5.74) is 6.86. The second kappa shape index (κ2) is 3.75. The van der Waals surface area contributed by atoms with Crippen LogP contribution in [0.1, 0.15) is 25.5 Å². The molecule has 0 saturated carbocycles. The first kappa shape index (κ1) is 9.59. The molecule has 1 aliphatic heterocycles. The Balaban J connectivity index is 2.08. The molecule has 0 bridgehead atoms. The Morgan fingerprint density at radius 2 is 2.38 bits per heavy atom. The minimum atomic E-state index is 0.0240. The van der Waals surface area contributed by atoms with Crippen LogP contribution in [0.25, 0.3) is 10.9 Å². The van der Waals surface area contributed by atoms with Crippen LogP contribution in [-0.4, -0.2) is 21.4 Å². The van der Waals surface area contributed by atoms with E-state index < -0.39 is 0 Å². The van der Waals surface area contributed by atoms with Gasteiger partial charge in [-0.1, -0.05) is 0 Å². The van der Waals surface area contributed by atoms with Gasteiger partial charge in [0.05, 0.1) is 10.9 Å². The van der Waals surface area contributed by atoms with Crippen molar-refractivity contribution < 1.29 is 4.74 Å². The summed E-state index contributed by atoms with van der Waals surface area (Å²) >= 11 is 0. The SMILES string of the molecule is Nc1nn(C2CCCCO2)c2ccncc12. The Morgan fingerprint density at radius 1 is 1.44 bits per heavy atom. The van der Waals surface area contributed by atoms with E-state index in [1.54, 1.807) is 12.4 Å². The van der Waals surface area contributed by atoms with Crippen LogP contribution in [0, 0.1) is 0 Å². The third kappa shape index (κ3) is 1.44. The van der Waals surface area contributed by atoms with Crippen LogP contribution >= 0.6 is 0 Å². The van der Waals surface area contributed by atoms with Gasteiger partial charge in [-0.05, 0) is 25.3 Å². The molecule has 84 valence electrons. The number of rotatable bonds is 1. The van der Waals surface area contributed by atoms with E-state index in [1.165, 1.54) is 6.42 Å². The molecule has 3 rings (SSSR count). The highest BCUT2D eigenvalue weighted by Crippen LogP contribution is 2.28. The van der Waals surface area contributed by atoms with Crippen molar-refractivity contribution in [3.8, 4) is 0 Å². The smallest absolute Gasteiger partial charge is 0.155 e. The summed E-state index contributed by atoms with van der Waals surface area (Å²) in [5.74, 6) is 0.525. The average Bonchev–Trinajstić information content (AvgIpc) is 2.69. The van der Waals surface area contributed by atoms with Crippen molar-refractivity contribution in [2.75, 3.05) is 12.3 Å². The number of fused-ring (bicyclic) bond motifs is 1. The van der Waals surface area contributed by atoms with Crippen molar-refractivity contribution in [2.24, 2.45) is 0 Å². The molecule has 0 amide bonds. The lowest BCUT2D eigenvalue weighted by Crippen LogP contribution is -2.19. The maximum absolute atomic E-state index is 5.86. The Bertz CT molecular complexity index is 502. The van der Waals surface area contributed by atoms with Gasteiger partial charge < -0.3 is 10.5 Å². The summed E-state index contributed by atoms with van der Waals surface area (Å²) in [6.07, 6.45) is 6.83. The van der Waals surface area contributed by atoms with Crippen molar-refractivity contribution in [1.82, 2.24) is 14.8 Å². The molecule has 3 heterocycles. The molecule has 0 radical (unpaired) electrons. The van der Waals surface area contributed by atoms with Crippen molar-refractivity contribution in [3.63, 3.8) is 0 Å². The Kier molecular flexibility index (Phi) is 2.25. The zero-order valence-electron chi connectivity index (χ0n) is 8.97. The molecule has 16 heavy (non-hydrogen) atoms. The lowest BCUT2D eigenvalue weighted by molar-refractivity contribution is -0.0365. The van der Waals surface area contributed by atoms with Gasteiger partial charge in [-0.25, -0.2) is 4.68 Å². The highest BCUT2D eigenvalue weighted by atomic mass is 16.5. The molecular weight excluding hydrogens is 204 g/mol. The van der Waals surface area contributed by atoms with Gasteiger partial charge in [-0.2, -0.15) is 5.10 Å². The minimum absolute atomic E-state index is 0.0240. The quantitative estimate of drug-likeness (QED) is 0.791. The summed E-state index contributed by atoms with van der Waals surface area (Å²) in [4.78, 5) is 4.06. The molecule has 0 spiro atoms. The van der Waals surface area contributed by atoms with Crippen LogP contribution in [0.5, 0.6) is 0 Å². The summed E-state index contributed by atoms with van der Waals surface area (Å²) in [6.45, 7) is 0.803. The van der Waals surface area contributed by atoms with E-state index in [1.807, 2.05) is 10.7 Å². The second-order valence-corrected chi connectivity index (χ2v) is 4.04. The van der Waals surface area contributed by atoms with Crippen LogP contribution in [0.15, 0.2) is 18.5 Å². The molecule has 0 aliphatic carbocycles. The van der Waals surface area contributed by atoms with Crippen molar-refractivity contribution in [3.05, 3.63) is 18.5 Å². The first-order valence-electron chi connectivity index (χ1n) is 5.55. The predicted octanol–water partition coefficient (Wildman–Crippen LogP) is 1.71. The van der Waals surface area contributed by atoms with Gasteiger partial charge in [-0.15, -0.1) is 0 Å². The first-order chi connectivity index (χ1) is 7.86. The van der Waals surface area contributed by atoms with Crippen molar-refractivity contribution >= 4 is 16.7 Å². The predicted molar refractivity (Wildman–Crippen MR) is 60.8 cm³/mol. The first-order valence-corrected chi connectivity index (χ1v) is 5.55. The fourth-order valence-electron chi connectivity index (χ4n) is 2.14. The normalized spacial score (nSPS) is 21.4. The number of aromatic nitrogens is 3. The number of nitrogens with zero attached hydrogens (tertiary/aromatic N) is 3. The number of hydrogen-bond donors (Lipinski definition) is 1. The van der Waals surface area contributed by atoms with E-state index >= 15 is 0 Å². The van der Waals surface area contributed by atoms with Crippen molar-refractivity contribution in [1.29, 1.82) is 0 Å². The molecule has 1 atom stereocenters. The molecule has 1 aliphatic rings. The molecule has 5 heteroatoms. The fraction of sp³-hybridized carbons (Fsp3) is 0.455. The molecule has 1 fully saturated rings. The Labute approximate surface area is 93.2 Å². The highest BCUT2D eigenvalue weighted by molar-refractivity contribution is 5.88. The van der Waals surface area contributed by atoms with Gasteiger partial charge in [0.25, 0.3) is 0 Å². The molecule has 5 nitrogen and oxygen atoms in total. The maximum Gasteiger partial charge on any atom is 0.155 e. The molecule has 1 saturated heterocycles. The molecule has 2 aromatic heterocycles. The van der Waals surface area contributed by atoms with Crippen LogP contribution in [0.3, 0.4) is 0 Å². The fourth-order valence-corrected chi connectivity index (χ4v) is 2.14. The van der Waals surface area contributed by atoms with Gasteiger partial charge in [0.2, 0.25) is 0 Å². The van der Waals surface area contributed by atoms with Gasteiger partial charge in [0.1, 0.15) is 0 Å². The topological polar surface area (TPSA) is 66.0 Å². The third-order valence-electron chi connectivity index (χ3n) is 2.96. The Hall–Kier alpha value is -1.62. The number of nitrogens with two attached hydrogens (primary N) is 1. The third-order valence-corrected chi connectivity index (χ3v) is 2.96. The minimum Gasteiger partial charge on any atom is -0.382 e. The summed E-state index contributed by atoms with van der Waals surface area (Å²) in [7, 11) is 0. The molecule has 2 N–H and O–H groups in total. The summed E-state index contributed by atoms with van der Waals surface area (Å²) in [6, 6.07) is 1.93. The Morgan fingerprint density at radius 3 is 3.19 bits per heavy atom. The summed E-state index contributed by atoms with van der Waals surface area (Å²) < 4.78 is 7.59. The van der Waals surface area contributed by atoms with Gasteiger partial charge in [0.15, 0.2) is 12.0 Å². The largest absolute Gasteiger partial charge is 0.382 e. The van der Waals surface area contributed by atoms with Crippen LogP contribution < -0.4 is 5.73 Å². The van der Waals surface area contributed by atoms with E-state index in [-0.39, 0.29) is 6.23 Å². The number of ether oxygens (including phenoxy) is 1. The van der Waals surface area contributed by atoms with Crippen LogP contribution in [0.2, 0.25) is 0 Å². The monoisotopic (exact) mass is 218 g/mol. The molecule has 1 unspecified atom stereocenters. The lowest BCUT2D eigenvalue weighted by atomic mass is 10.2. The molecular formula is C11H14N4O. The van der Waals surface area contributed by atoms with Crippen molar-refractivity contribution in [2.45, 2.75) is 25.5 Å². The second-order valence-electron chi connectivity index (χ2n) is 4.04. The average molecular weight is 218 g/mol. The summed E-state index contributed by atoms with van der Waals surface area (Å²) in [5, 5.41) is 5.24. The standard InChI is InChI=1S/C11H14N4O/c12-11-8-7-13-5-4-9(8)15(14-11)10-3-1-2-6-16-10/h4-5,7,10H,1-3,6H2,(H2,12,14). The lowest BCUT2D eigenvalue weighted by Gasteiger charge is -2.23. The number of anilines is 1. The number of nitrogen functional groups attached to an aromatic ring is 1. The van der Waals surface area contributed by atoms with Crippen LogP contribution in [-0.2, 0) is 4.74 Å². The highest BCUT2D eigenvalue weighted by Gasteiger charge is 2.19. The number of pyridine rings is 1. The maximum atomic E-state index is 5.86. The molecule has 2 aromatic rings.